The fourth-order valence-corrected chi connectivity index (χ4v) is 5.25. The molecule has 5 nitrogen and oxygen atoms in total. The Hall–Kier alpha value is -0.560. The monoisotopic (exact) mass is 318 g/mol. The van der Waals surface area contributed by atoms with E-state index in [0.717, 1.165) is 30.8 Å². The number of thioether (sulfide) groups is 2. The highest BCUT2D eigenvalue weighted by atomic mass is 32.2. The number of urea groups is 1. The second-order valence-corrected chi connectivity index (χ2v) is 7.75. The molecule has 2 aliphatic heterocycles. The van der Waals surface area contributed by atoms with Crippen LogP contribution in [0.25, 0.3) is 0 Å². The van der Waals surface area contributed by atoms with Crippen molar-refractivity contribution >= 4 is 35.5 Å². The molecule has 2 heterocycles. The number of hydrogen-bond donors (Lipinski definition) is 2. The molecule has 2 aliphatic rings. The first-order valence-electron chi connectivity index (χ1n) is 7.12. The van der Waals surface area contributed by atoms with E-state index >= 15 is 0 Å². The van der Waals surface area contributed by atoms with Crippen LogP contribution in [0.2, 0.25) is 0 Å². The Labute approximate surface area is 128 Å². The van der Waals surface area contributed by atoms with Crippen LogP contribution in [0.5, 0.6) is 0 Å². The number of carbonyl (C=O) groups excluding carboxylic acids is 1. The molecular weight excluding hydrogens is 296 g/mol. The standard InChI is InChI=1S/C13H22N2O3S2/c16-12(17)7-10-3-1-2-4-15(10)13(18)14-8-11-9-19-5-6-20-11/h10-11H,1-9H2,(H,14,18)(H,16,17). The van der Waals surface area contributed by atoms with E-state index in [4.69, 9.17) is 5.11 Å². The maximum Gasteiger partial charge on any atom is 0.317 e. The zero-order valence-corrected chi connectivity index (χ0v) is 13.2. The summed E-state index contributed by atoms with van der Waals surface area (Å²) < 4.78 is 0. The number of likely N-dealkylation sites (tertiary alicyclic amines) is 1. The Kier molecular flexibility index (Phi) is 6.35. The normalized spacial score (nSPS) is 27.1. The van der Waals surface area contributed by atoms with Crippen molar-refractivity contribution in [1.82, 2.24) is 10.2 Å². The van der Waals surface area contributed by atoms with Gasteiger partial charge in [-0.15, -0.1) is 0 Å². The van der Waals surface area contributed by atoms with E-state index in [1.807, 2.05) is 23.5 Å². The van der Waals surface area contributed by atoms with Gasteiger partial charge in [0.1, 0.15) is 0 Å². The van der Waals surface area contributed by atoms with E-state index in [9.17, 15) is 9.59 Å². The van der Waals surface area contributed by atoms with E-state index in [2.05, 4.69) is 5.32 Å². The van der Waals surface area contributed by atoms with Gasteiger partial charge in [-0.3, -0.25) is 4.79 Å². The summed E-state index contributed by atoms with van der Waals surface area (Å²) in [6.45, 7) is 1.36. The zero-order valence-electron chi connectivity index (χ0n) is 11.5. The van der Waals surface area contributed by atoms with Gasteiger partial charge in [0, 0.05) is 41.6 Å². The molecule has 114 valence electrons. The average Bonchev–Trinajstić information content (AvgIpc) is 2.46. The molecule has 2 atom stereocenters. The molecule has 0 bridgehead atoms. The molecular formula is C13H22N2O3S2. The number of carboxylic acid groups (broad SMARTS) is 1. The fourth-order valence-electron chi connectivity index (χ4n) is 2.64. The summed E-state index contributed by atoms with van der Waals surface area (Å²) in [7, 11) is 0. The third-order valence-electron chi connectivity index (χ3n) is 3.66. The second kappa shape index (κ2) is 8.02. The molecule has 2 N–H and O–H groups in total. The van der Waals surface area contributed by atoms with Crippen LogP contribution in [0.15, 0.2) is 0 Å². The molecule has 7 heteroatoms. The first-order valence-corrected chi connectivity index (χ1v) is 9.33. The number of piperidine rings is 1. The lowest BCUT2D eigenvalue weighted by atomic mass is 10.00. The van der Waals surface area contributed by atoms with Gasteiger partial charge in [-0.2, -0.15) is 23.5 Å². The Morgan fingerprint density at radius 2 is 2.15 bits per heavy atom. The number of rotatable bonds is 4. The summed E-state index contributed by atoms with van der Waals surface area (Å²) in [5, 5.41) is 12.4. The Balaban J connectivity index is 1.80. The Morgan fingerprint density at radius 3 is 2.85 bits per heavy atom. The summed E-state index contributed by atoms with van der Waals surface area (Å²) in [6, 6.07) is -0.234. The molecule has 0 spiro atoms. The third-order valence-corrected chi connectivity index (χ3v) is 6.51. The predicted octanol–water partition coefficient (Wildman–Crippen LogP) is 1.87. The molecule has 2 rings (SSSR count). The van der Waals surface area contributed by atoms with Crippen molar-refractivity contribution in [1.29, 1.82) is 0 Å². The SMILES string of the molecule is O=C(O)CC1CCCCN1C(=O)NCC1CSCCS1. The van der Waals surface area contributed by atoms with Crippen LogP contribution in [0.1, 0.15) is 25.7 Å². The minimum Gasteiger partial charge on any atom is -0.481 e. The summed E-state index contributed by atoms with van der Waals surface area (Å²) in [5.41, 5.74) is 0. The van der Waals surface area contributed by atoms with E-state index in [0.29, 0.717) is 18.3 Å². The Morgan fingerprint density at radius 1 is 1.30 bits per heavy atom. The van der Waals surface area contributed by atoms with Gasteiger partial charge in [0.25, 0.3) is 0 Å². The number of aliphatic carboxylic acids is 1. The molecule has 0 aliphatic carbocycles. The first kappa shape index (κ1) is 15.8. The third kappa shape index (κ3) is 4.77. The van der Waals surface area contributed by atoms with Crippen molar-refractivity contribution < 1.29 is 14.7 Å². The maximum absolute atomic E-state index is 12.2. The van der Waals surface area contributed by atoms with Crippen LogP contribution >= 0.6 is 23.5 Å². The topological polar surface area (TPSA) is 69.6 Å². The summed E-state index contributed by atoms with van der Waals surface area (Å²) in [4.78, 5) is 24.8. The second-order valence-electron chi connectivity index (χ2n) is 5.19. The largest absolute Gasteiger partial charge is 0.481 e. The van der Waals surface area contributed by atoms with Crippen LogP contribution in [-0.4, -0.2) is 63.6 Å². The molecule has 2 unspecified atom stereocenters. The molecule has 0 radical (unpaired) electrons. The number of hydrogen-bond acceptors (Lipinski definition) is 4. The minimum absolute atomic E-state index is 0.0570. The van der Waals surface area contributed by atoms with Crippen LogP contribution in [0, 0.1) is 0 Å². The number of amides is 2. The Bertz CT molecular complexity index is 349. The van der Waals surface area contributed by atoms with E-state index < -0.39 is 5.97 Å². The molecule has 0 saturated carbocycles. The number of carboxylic acids is 1. The van der Waals surface area contributed by atoms with Gasteiger partial charge in [0.15, 0.2) is 0 Å². The van der Waals surface area contributed by atoms with Gasteiger partial charge >= 0.3 is 12.0 Å². The lowest BCUT2D eigenvalue weighted by Gasteiger charge is -2.35. The molecule has 0 aromatic heterocycles. The number of nitrogens with one attached hydrogen (secondary N) is 1. The molecule has 2 fully saturated rings. The molecule has 2 amide bonds. The van der Waals surface area contributed by atoms with Gasteiger partial charge in [-0.05, 0) is 19.3 Å². The van der Waals surface area contributed by atoms with E-state index in [-0.39, 0.29) is 18.5 Å². The van der Waals surface area contributed by atoms with Gasteiger partial charge in [-0.1, -0.05) is 0 Å². The minimum atomic E-state index is -0.825. The summed E-state index contributed by atoms with van der Waals surface area (Å²) in [5.74, 6) is 2.61. The highest BCUT2D eigenvalue weighted by molar-refractivity contribution is 8.06. The van der Waals surface area contributed by atoms with Gasteiger partial charge < -0.3 is 15.3 Å². The lowest BCUT2D eigenvalue weighted by molar-refractivity contribution is -0.138. The van der Waals surface area contributed by atoms with Crippen molar-refractivity contribution in [2.75, 3.05) is 30.3 Å². The summed E-state index contributed by atoms with van der Waals surface area (Å²) >= 11 is 3.85. The van der Waals surface area contributed by atoms with Crippen molar-refractivity contribution in [2.45, 2.75) is 37.0 Å². The molecule has 2 saturated heterocycles. The first-order chi connectivity index (χ1) is 9.66. The van der Waals surface area contributed by atoms with Crippen molar-refractivity contribution in [3.63, 3.8) is 0 Å². The van der Waals surface area contributed by atoms with Crippen molar-refractivity contribution in [3.05, 3.63) is 0 Å². The highest BCUT2D eigenvalue weighted by Crippen LogP contribution is 2.24. The maximum atomic E-state index is 12.2. The highest BCUT2D eigenvalue weighted by Gasteiger charge is 2.28. The number of nitrogens with zero attached hydrogens (tertiary/aromatic N) is 1. The van der Waals surface area contributed by atoms with Crippen LogP contribution in [0.3, 0.4) is 0 Å². The van der Waals surface area contributed by atoms with Gasteiger partial charge in [0.05, 0.1) is 6.42 Å². The fraction of sp³-hybridized carbons (Fsp3) is 0.846. The quantitative estimate of drug-likeness (QED) is 0.828. The summed E-state index contributed by atoms with van der Waals surface area (Å²) in [6.07, 6.45) is 2.84. The average molecular weight is 318 g/mol. The zero-order chi connectivity index (χ0) is 14.4. The van der Waals surface area contributed by atoms with Crippen LogP contribution < -0.4 is 5.32 Å². The van der Waals surface area contributed by atoms with E-state index in [1.165, 1.54) is 5.75 Å². The van der Waals surface area contributed by atoms with Crippen LogP contribution in [-0.2, 0) is 4.79 Å². The van der Waals surface area contributed by atoms with E-state index in [1.54, 1.807) is 4.90 Å². The lowest BCUT2D eigenvalue weighted by Crippen LogP contribution is -2.50. The molecule has 20 heavy (non-hydrogen) atoms. The molecule has 0 aromatic carbocycles. The van der Waals surface area contributed by atoms with Gasteiger partial charge in [0.2, 0.25) is 0 Å². The molecule has 0 aromatic rings. The van der Waals surface area contributed by atoms with Gasteiger partial charge in [-0.25, -0.2) is 4.79 Å². The van der Waals surface area contributed by atoms with Crippen molar-refractivity contribution in [2.24, 2.45) is 0 Å². The smallest absolute Gasteiger partial charge is 0.317 e. The van der Waals surface area contributed by atoms with Crippen LogP contribution in [0.4, 0.5) is 4.79 Å². The van der Waals surface area contributed by atoms with Crippen molar-refractivity contribution in [3.8, 4) is 0 Å². The predicted molar refractivity (Wildman–Crippen MR) is 83.6 cm³/mol. The number of carbonyl (C=O) groups is 2.